The molecule has 0 aliphatic rings. The van der Waals surface area contributed by atoms with Gasteiger partial charge in [-0.25, -0.2) is 4.79 Å². The van der Waals surface area contributed by atoms with Gasteiger partial charge in [0.1, 0.15) is 5.75 Å². The van der Waals surface area contributed by atoms with Crippen LogP contribution in [0.5, 0.6) is 5.75 Å². The summed E-state index contributed by atoms with van der Waals surface area (Å²) in [6.07, 6.45) is 2.88. The summed E-state index contributed by atoms with van der Waals surface area (Å²) in [4.78, 5) is 23.2. The van der Waals surface area contributed by atoms with E-state index in [1.807, 2.05) is 24.3 Å². The van der Waals surface area contributed by atoms with E-state index in [-0.39, 0.29) is 17.9 Å². The molecule has 1 amide bonds. The number of benzene rings is 1. The van der Waals surface area contributed by atoms with E-state index in [2.05, 4.69) is 31.2 Å². The summed E-state index contributed by atoms with van der Waals surface area (Å²) in [6.45, 7) is 9.28. The van der Waals surface area contributed by atoms with Crippen molar-refractivity contribution in [3.05, 3.63) is 42.2 Å². The summed E-state index contributed by atoms with van der Waals surface area (Å²) in [5.41, 5.74) is 0.451. The maximum absolute atomic E-state index is 12.0. The van der Waals surface area contributed by atoms with Gasteiger partial charge in [-0.3, -0.25) is 9.48 Å². The monoisotopic (exact) mass is 359 g/mol. The number of aromatic nitrogens is 2. The lowest BCUT2D eigenvalue weighted by atomic mass is 9.87. The predicted octanol–water partition coefficient (Wildman–Crippen LogP) is 3.02. The molecule has 0 spiro atoms. The van der Waals surface area contributed by atoms with Crippen molar-refractivity contribution in [3.8, 4) is 5.75 Å². The van der Waals surface area contributed by atoms with E-state index in [9.17, 15) is 14.7 Å². The molecule has 26 heavy (non-hydrogen) atoms. The fourth-order valence-corrected chi connectivity index (χ4v) is 2.19. The van der Waals surface area contributed by atoms with Crippen LogP contribution in [-0.2, 0) is 20.5 Å². The van der Waals surface area contributed by atoms with Crippen molar-refractivity contribution in [1.82, 2.24) is 9.78 Å². The zero-order valence-electron chi connectivity index (χ0n) is 15.7. The molecule has 0 saturated heterocycles. The highest BCUT2D eigenvalue weighted by atomic mass is 16.5. The average molecular weight is 359 g/mol. The van der Waals surface area contributed by atoms with Crippen LogP contribution in [0.2, 0.25) is 0 Å². The van der Waals surface area contributed by atoms with Gasteiger partial charge in [0.05, 0.1) is 11.9 Å². The van der Waals surface area contributed by atoms with E-state index in [4.69, 9.17) is 4.74 Å². The molecule has 0 atom stereocenters. The van der Waals surface area contributed by atoms with Crippen LogP contribution < -0.4 is 10.1 Å². The van der Waals surface area contributed by atoms with Crippen LogP contribution in [0.3, 0.4) is 0 Å². The third-order valence-electron chi connectivity index (χ3n) is 4.05. The van der Waals surface area contributed by atoms with Gasteiger partial charge in [0, 0.05) is 6.20 Å². The summed E-state index contributed by atoms with van der Waals surface area (Å²) >= 11 is 0. The topological polar surface area (TPSA) is 93.5 Å². The number of rotatable bonds is 6. The van der Waals surface area contributed by atoms with Gasteiger partial charge in [-0.05, 0) is 37.0 Å². The Kier molecular flexibility index (Phi) is 5.39. The molecule has 140 valence electrons. The van der Waals surface area contributed by atoms with Crippen LogP contribution in [0.25, 0.3) is 0 Å². The smallest absolute Gasteiger partial charge is 0.331 e. The summed E-state index contributed by atoms with van der Waals surface area (Å²) in [6, 6.07) is 7.62. The van der Waals surface area contributed by atoms with Crippen LogP contribution >= 0.6 is 0 Å². The largest absolute Gasteiger partial charge is 0.484 e. The number of anilines is 1. The zero-order valence-corrected chi connectivity index (χ0v) is 15.7. The first-order valence-corrected chi connectivity index (χ1v) is 8.32. The first kappa shape index (κ1) is 19.5. The fourth-order valence-electron chi connectivity index (χ4n) is 2.19. The number of aliphatic carboxylic acids is 1. The number of carboxylic acid groups (broad SMARTS) is 1. The van der Waals surface area contributed by atoms with E-state index in [0.717, 1.165) is 0 Å². The number of nitrogens with one attached hydrogen (secondary N) is 1. The van der Waals surface area contributed by atoms with Gasteiger partial charge in [0.15, 0.2) is 12.1 Å². The molecule has 0 radical (unpaired) electrons. The normalized spacial score (nSPS) is 11.9. The number of nitrogens with zero attached hydrogens (tertiary/aromatic N) is 2. The Morgan fingerprint density at radius 3 is 2.31 bits per heavy atom. The number of carboxylic acids is 1. The minimum Gasteiger partial charge on any atom is -0.484 e. The van der Waals surface area contributed by atoms with Crippen molar-refractivity contribution in [2.24, 2.45) is 0 Å². The number of carbonyl (C=O) groups excluding carboxylic acids is 1. The highest BCUT2D eigenvalue weighted by Crippen LogP contribution is 2.24. The Balaban J connectivity index is 1.92. The molecule has 0 aliphatic heterocycles. The Hall–Kier alpha value is -2.83. The Bertz CT molecular complexity index is 786. The van der Waals surface area contributed by atoms with Gasteiger partial charge in [0.2, 0.25) is 0 Å². The molecule has 1 aromatic heterocycles. The third-order valence-corrected chi connectivity index (χ3v) is 4.05. The number of hydrogen-bond acceptors (Lipinski definition) is 4. The molecule has 7 nitrogen and oxygen atoms in total. The van der Waals surface area contributed by atoms with Gasteiger partial charge >= 0.3 is 5.97 Å². The molecule has 1 aromatic carbocycles. The summed E-state index contributed by atoms with van der Waals surface area (Å²) in [5.74, 6) is -0.756. The number of ether oxygens (including phenoxy) is 1. The van der Waals surface area contributed by atoms with Crippen molar-refractivity contribution in [1.29, 1.82) is 0 Å². The van der Waals surface area contributed by atoms with Crippen molar-refractivity contribution in [2.75, 3.05) is 11.9 Å². The van der Waals surface area contributed by atoms with E-state index in [0.29, 0.717) is 11.4 Å². The number of carbonyl (C=O) groups is 2. The van der Waals surface area contributed by atoms with Crippen LogP contribution in [0.1, 0.15) is 40.2 Å². The summed E-state index contributed by atoms with van der Waals surface area (Å²) < 4.78 is 6.78. The first-order chi connectivity index (χ1) is 12.0. The van der Waals surface area contributed by atoms with Crippen molar-refractivity contribution in [2.45, 2.75) is 45.6 Å². The molecule has 7 heteroatoms. The fraction of sp³-hybridized carbons (Fsp3) is 0.421. The van der Waals surface area contributed by atoms with Crippen LogP contribution in [0.4, 0.5) is 5.69 Å². The molecule has 1 heterocycles. The number of amides is 1. The van der Waals surface area contributed by atoms with E-state index < -0.39 is 11.5 Å². The molecule has 2 N–H and O–H groups in total. The van der Waals surface area contributed by atoms with Gasteiger partial charge in [-0.2, -0.15) is 5.10 Å². The van der Waals surface area contributed by atoms with E-state index in [1.165, 1.54) is 36.5 Å². The van der Waals surface area contributed by atoms with E-state index >= 15 is 0 Å². The Morgan fingerprint density at radius 2 is 1.77 bits per heavy atom. The lowest BCUT2D eigenvalue weighted by molar-refractivity contribution is -0.146. The molecule has 0 bridgehead atoms. The molecule has 0 unspecified atom stereocenters. The van der Waals surface area contributed by atoms with Gasteiger partial charge in [-0.1, -0.05) is 32.9 Å². The van der Waals surface area contributed by atoms with Crippen molar-refractivity contribution >= 4 is 17.6 Å². The van der Waals surface area contributed by atoms with Gasteiger partial charge in [0.25, 0.3) is 5.91 Å². The lowest BCUT2D eigenvalue weighted by Crippen LogP contribution is -2.35. The highest BCUT2D eigenvalue weighted by molar-refractivity contribution is 5.91. The highest BCUT2D eigenvalue weighted by Gasteiger charge is 2.30. The van der Waals surface area contributed by atoms with Gasteiger partial charge in [-0.15, -0.1) is 0 Å². The minimum absolute atomic E-state index is 0.0553. The minimum atomic E-state index is -1.20. The van der Waals surface area contributed by atoms with Crippen molar-refractivity contribution in [3.63, 3.8) is 0 Å². The van der Waals surface area contributed by atoms with E-state index in [1.54, 1.807) is 0 Å². The zero-order chi connectivity index (χ0) is 19.5. The molecular weight excluding hydrogens is 334 g/mol. The van der Waals surface area contributed by atoms with Crippen LogP contribution in [0, 0.1) is 0 Å². The quantitative estimate of drug-likeness (QED) is 0.827. The summed E-state index contributed by atoms with van der Waals surface area (Å²) in [5, 5.41) is 15.8. The molecule has 2 aromatic rings. The van der Waals surface area contributed by atoms with Crippen LogP contribution in [-0.4, -0.2) is 33.4 Å². The molecule has 0 saturated carbocycles. The number of hydrogen-bond donors (Lipinski definition) is 2. The second kappa shape index (κ2) is 7.19. The maximum atomic E-state index is 12.0. The predicted molar refractivity (Wildman–Crippen MR) is 98.5 cm³/mol. The Labute approximate surface area is 153 Å². The first-order valence-electron chi connectivity index (χ1n) is 8.32. The second-order valence-electron chi connectivity index (χ2n) is 7.65. The van der Waals surface area contributed by atoms with Crippen LogP contribution in [0.15, 0.2) is 36.7 Å². The summed E-state index contributed by atoms with van der Waals surface area (Å²) in [7, 11) is 0. The second-order valence-corrected chi connectivity index (χ2v) is 7.65. The SMILES string of the molecule is CC(C)(C)c1ccc(OCC(=O)Nc2cnn(C(C)(C)C(=O)O)c2)cc1. The molecule has 0 aliphatic carbocycles. The maximum Gasteiger partial charge on any atom is 0.331 e. The molecular formula is C19H25N3O4. The standard InChI is InChI=1S/C19H25N3O4/c1-18(2,3)13-6-8-15(9-7-13)26-12-16(23)21-14-10-20-22(11-14)19(4,5)17(24)25/h6-11H,12H2,1-5H3,(H,21,23)(H,24,25). The molecule has 0 fully saturated rings. The lowest BCUT2D eigenvalue weighted by Gasteiger charge is -2.19. The Morgan fingerprint density at radius 1 is 1.15 bits per heavy atom. The van der Waals surface area contributed by atoms with Gasteiger partial charge < -0.3 is 15.2 Å². The third kappa shape index (κ3) is 4.62. The molecule has 2 rings (SSSR count). The average Bonchev–Trinajstić information content (AvgIpc) is 3.01. The van der Waals surface area contributed by atoms with Crippen molar-refractivity contribution < 1.29 is 19.4 Å².